The first kappa shape index (κ1) is 21.0. The summed E-state index contributed by atoms with van der Waals surface area (Å²) in [6.45, 7) is 7.26. The van der Waals surface area contributed by atoms with Gasteiger partial charge in [-0.2, -0.15) is 0 Å². The highest BCUT2D eigenvalue weighted by Gasteiger charge is 2.25. The van der Waals surface area contributed by atoms with Gasteiger partial charge in [0.2, 0.25) is 5.95 Å². The molecule has 3 aromatic heterocycles. The van der Waals surface area contributed by atoms with Gasteiger partial charge in [0, 0.05) is 36.8 Å². The fraction of sp³-hybridized carbons (Fsp3) is 0.333. The summed E-state index contributed by atoms with van der Waals surface area (Å²) >= 11 is 0. The van der Waals surface area contributed by atoms with Gasteiger partial charge in [0.1, 0.15) is 17.5 Å². The molecule has 0 spiro atoms. The van der Waals surface area contributed by atoms with E-state index in [1.165, 1.54) is 0 Å². The molecule has 1 aliphatic rings. The molecule has 0 aliphatic carbocycles. The second-order valence-electron chi connectivity index (χ2n) is 9.03. The first-order valence-electron chi connectivity index (χ1n) is 10.9. The van der Waals surface area contributed by atoms with Crippen LogP contribution >= 0.6 is 0 Å². The van der Waals surface area contributed by atoms with E-state index in [1.54, 1.807) is 17.5 Å². The largest absolute Gasteiger partial charge is 0.464 e. The minimum Gasteiger partial charge on any atom is -0.464 e. The molecular formula is C24H26N6O3. The van der Waals surface area contributed by atoms with Crippen LogP contribution in [0.25, 0.3) is 22.2 Å². The Morgan fingerprint density at radius 1 is 1.27 bits per heavy atom. The average molecular weight is 447 g/mol. The Balaban J connectivity index is 1.34. The molecule has 4 aromatic rings. The number of fused-ring (bicyclic) bond motifs is 2. The van der Waals surface area contributed by atoms with E-state index in [2.05, 4.69) is 26.6 Å². The van der Waals surface area contributed by atoms with Crippen molar-refractivity contribution >= 4 is 34.2 Å². The van der Waals surface area contributed by atoms with E-state index >= 15 is 0 Å². The number of hydrogen-bond donors (Lipinski definition) is 1. The number of anilines is 1. The number of hydrogen-bond acceptors (Lipinski definition) is 7. The Labute approximate surface area is 191 Å². The van der Waals surface area contributed by atoms with Crippen LogP contribution in [-0.2, 0) is 11.3 Å². The zero-order chi connectivity index (χ0) is 23.0. The Hall–Kier alpha value is -3.88. The highest BCUT2D eigenvalue weighted by atomic mass is 16.6. The second-order valence-corrected chi connectivity index (χ2v) is 9.03. The summed E-state index contributed by atoms with van der Waals surface area (Å²) in [5.41, 5.74) is 4.20. The lowest BCUT2D eigenvalue weighted by atomic mass is 10.0. The van der Waals surface area contributed by atoms with Gasteiger partial charge in [-0.1, -0.05) is 18.2 Å². The Kier molecular flexibility index (Phi) is 5.24. The SMILES string of the molecule is CC(C)(C)OC(=O)N1CC=C(c2cnc(NCc3cccc4occc34)n3cnnc23)CC1. The molecule has 1 aromatic carbocycles. The maximum atomic E-state index is 12.3. The Morgan fingerprint density at radius 3 is 2.94 bits per heavy atom. The molecule has 33 heavy (non-hydrogen) atoms. The van der Waals surface area contributed by atoms with Crippen LogP contribution in [0.3, 0.4) is 0 Å². The van der Waals surface area contributed by atoms with Crippen molar-refractivity contribution in [3.8, 4) is 0 Å². The number of nitrogens with zero attached hydrogens (tertiary/aromatic N) is 5. The van der Waals surface area contributed by atoms with Gasteiger partial charge in [-0.05, 0) is 50.5 Å². The Bertz CT molecular complexity index is 1350. The molecule has 0 radical (unpaired) electrons. The number of carbonyl (C=O) groups excluding carboxylic acids is 1. The summed E-state index contributed by atoms with van der Waals surface area (Å²) in [6, 6.07) is 7.95. The van der Waals surface area contributed by atoms with Crippen molar-refractivity contribution in [3.63, 3.8) is 0 Å². The van der Waals surface area contributed by atoms with Crippen molar-refractivity contribution in [3.05, 3.63) is 60.3 Å². The average Bonchev–Trinajstić information content (AvgIpc) is 3.46. The number of nitrogens with one attached hydrogen (secondary N) is 1. The standard InChI is InChI=1S/C24H26N6O3/c1-24(2,3)33-23(31)29-10-7-16(8-11-29)19-14-26-22(30-15-27-28-21(19)30)25-13-17-5-4-6-20-18(17)9-12-32-20/h4-7,9,12,14-15H,8,10-11,13H2,1-3H3,(H,25,26). The number of amides is 1. The number of benzene rings is 1. The van der Waals surface area contributed by atoms with Crippen molar-refractivity contribution in [2.24, 2.45) is 0 Å². The van der Waals surface area contributed by atoms with Crippen LogP contribution in [0.15, 0.2) is 53.5 Å². The van der Waals surface area contributed by atoms with E-state index in [0.717, 1.165) is 33.3 Å². The quantitative estimate of drug-likeness (QED) is 0.493. The van der Waals surface area contributed by atoms with E-state index < -0.39 is 5.60 Å². The fourth-order valence-corrected chi connectivity index (χ4v) is 3.97. The monoisotopic (exact) mass is 446 g/mol. The summed E-state index contributed by atoms with van der Waals surface area (Å²) in [5, 5.41) is 12.9. The van der Waals surface area contributed by atoms with Gasteiger partial charge >= 0.3 is 6.09 Å². The fourth-order valence-electron chi connectivity index (χ4n) is 3.97. The number of furan rings is 1. The molecule has 4 heterocycles. The Morgan fingerprint density at radius 2 is 2.15 bits per heavy atom. The minimum atomic E-state index is -0.509. The van der Waals surface area contributed by atoms with E-state index in [9.17, 15) is 4.79 Å². The molecule has 0 unspecified atom stereocenters. The van der Waals surface area contributed by atoms with Gasteiger partial charge in [0.25, 0.3) is 0 Å². The van der Waals surface area contributed by atoms with Crippen LogP contribution in [0.4, 0.5) is 10.7 Å². The van der Waals surface area contributed by atoms with Gasteiger partial charge in [-0.25, -0.2) is 9.78 Å². The maximum Gasteiger partial charge on any atom is 0.410 e. The van der Waals surface area contributed by atoms with Crippen molar-refractivity contribution < 1.29 is 13.9 Å². The van der Waals surface area contributed by atoms with Gasteiger partial charge < -0.3 is 19.4 Å². The lowest BCUT2D eigenvalue weighted by Crippen LogP contribution is -2.39. The topological polar surface area (TPSA) is 97.8 Å². The summed E-state index contributed by atoms with van der Waals surface area (Å²) in [5.74, 6) is 0.658. The summed E-state index contributed by atoms with van der Waals surface area (Å²) in [6.07, 6.45) is 7.60. The molecule has 170 valence electrons. The lowest BCUT2D eigenvalue weighted by Gasteiger charge is -2.29. The van der Waals surface area contributed by atoms with E-state index in [-0.39, 0.29) is 6.09 Å². The molecule has 1 aliphatic heterocycles. The van der Waals surface area contributed by atoms with Crippen molar-refractivity contribution in [2.75, 3.05) is 18.4 Å². The minimum absolute atomic E-state index is 0.296. The van der Waals surface area contributed by atoms with Crippen LogP contribution < -0.4 is 5.32 Å². The van der Waals surface area contributed by atoms with E-state index in [1.807, 2.05) is 55.6 Å². The number of rotatable bonds is 4. The second kappa shape index (κ2) is 8.23. The van der Waals surface area contributed by atoms with Crippen molar-refractivity contribution in [1.82, 2.24) is 24.5 Å². The number of ether oxygens (including phenoxy) is 1. The summed E-state index contributed by atoms with van der Waals surface area (Å²) in [7, 11) is 0. The molecule has 9 heteroatoms. The molecule has 9 nitrogen and oxygen atoms in total. The molecule has 0 bridgehead atoms. The summed E-state index contributed by atoms with van der Waals surface area (Å²) in [4.78, 5) is 18.7. The van der Waals surface area contributed by atoms with Crippen LogP contribution in [0, 0.1) is 0 Å². The van der Waals surface area contributed by atoms with Crippen LogP contribution in [-0.4, -0.2) is 49.3 Å². The van der Waals surface area contributed by atoms with Gasteiger partial charge in [0.15, 0.2) is 5.65 Å². The first-order valence-corrected chi connectivity index (χ1v) is 10.9. The molecule has 1 N–H and O–H groups in total. The normalized spacial score (nSPS) is 14.5. The van der Waals surface area contributed by atoms with Crippen LogP contribution in [0.2, 0.25) is 0 Å². The third-order valence-corrected chi connectivity index (χ3v) is 5.56. The van der Waals surface area contributed by atoms with Crippen LogP contribution in [0.5, 0.6) is 0 Å². The number of carbonyl (C=O) groups is 1. The predicted molar refractivity (Wildman–Crippen MR) is 125 cm³/mol. The number of aromatic nitrogens is 4. The van der Waals surface area contributed by atoms with Gasteiger partial charge in [-0.3, -0.25) is 4.40 Å². The molecule has 0 atom stereocenters. The molecule has 0 saturated carbocycles. The zero-order valence-corrected chi connectivity index (χ0v) is 18.9. The lowest BCUT2D eigenvalue weighted by molar-refractivity contribution is 0.0270. The molecule has 1 amide bonds. The first-order chi connectivity index (χ1) is 15.9. The van der Waals surface area contributed by atoms with Gasteiger partial charge in [0.05, 0.1) is 6.26 Å². The molecule has 0 fully saturated rings. The van der Waals surface area contributed by atoms with E-state index in [0.29, 0.717) is 32.0 Å². The molecule has 5 rings (SSSR count). The van der Waals surface area contributed by atoms with Crippen molar-refractivity contribution in [2.45, 2.75) is 39.3 Å². The highest BCUT2D eigenvalue weighted by Crippen LogP contribution is 2.27. The van der Waals surface area contributed by atoms with E-state index in [4.69, 9.17) is 9.15 Å². The smallest absolute Gasteiger partial charge is 0.410 e. The van der Waals surface area contributed by atoms with Gasteiger partial charge in [-0.15, -0.1) is 10.2 Å². The summed E-state index contributed by atoms with van der Waals surface area (Å²) < 4.78 is 12.8. The predicted octanol–water partition coefficient (Wildman–Crippen LogP) is 4.51. The third-order valence-electron chi connectivity index (χ3n) is 5.56. The van der Waals surface area contributed by atoms with Crippen LogP contribution in [0.1, 0.15) is 38.3 Å². The third kappa shape index (κ3) is 4.26. The maximum absolute atomic E-state index is 12.3. The highest BCUT2D eigenvalue weighted by molar-refractivity contribution is 5.81. The van der Waals surface area contributed by atoms with Crippen molar-refractivity contribution in [1.29, 1.82) is 0 Å². The molecule has 0 saturated heterocycles. The molecular weight excluding hydrogens is 420 g/mol. The zero-order valence-electron chi connectivity index (χ0n) is 18.9.